The molecule has 0 bridgehead atoms. The molecule has 0 heterocycles. The first kappa shape index (κ1) is 15.1. The minimum Gasteiger partial charge on any atom is -0.409 e. The molecule has 2 atom stereocenters. The maximum atomic E-state index is 12.3. The zero-order valence-electron chi connectivity index (χ0n) is 10.7. The van der Waals surface area contributed by atoms with E-state index in [0.29, 0.717) is 12.8 Å². The number of benzene rings is 1. The monoisotopic (exact) mass is 317 g/mol. The van der Waals surface area contributed by atoms with Crippen LogP contribution in [0.15, 0.2) is 34.3 Å². The first-order chi connectivity index (χ1) is 9.45. The Morgan fingerprint density at radius 1 is 1.40 bits per heavy atom. The number of nitrogens with zero attached hydrogens (tertiary/aromatic N) is 1. The number of halogens is 1. The fourth-order valence-electron chi connectivity index (χ4n) is 2.45. The third-order valence-corrected chi connectivity index (χ3v) is 5.43. The predicted molar refractivity (Wildman–Crippen MR) is 76.3 cm³/mol. The molecule has 0 aliphatic heterocycles. The highest BCUT2D eigenvalue weighted by atomic mass is 35.5. The van der Waals surface area contributed by atoms with Gasteiger partial charge in [-0.3, -0.25) is 0 Å². The first-order valence-electron chi connectivity index (χ1n) is 6.20. The van der Waals surface area contributed by atoms with Crippen LogP contribution in [0, 0.1) is 5.92 Å². The molecule has 0 saturated heterocycles. The third kappa shape index (κ3) is 3.05. The number of rotatable bonds is 4. The van der Waals surface area contributed by atoms with E-state index in [0.717, 1.165) is 6.42 Å². The van der Waals surface area contributed by atoms with Gasteiger partial charge in [0.05, 0.1) is 5.02 Å². The highest BCUT2D eigenvalue weighted by Crippen LogP contribution is 2.28. The summed E-state index contributed by atoms with van der Waals surface area (Å²) in [5, 5.41) is 11.9. The van der Waals surface area contributed by atoms with Gasteiger partial charge in [0.25, 0.3) is 0 Å². The van der Waals surface area contributed by atoms with Crippen molar-refractivity contribution in [2.75, 3.05) is 0 Å². The zero-order chi connectivity index (χ0) is 14.8. The summed E-state index contributed by atoms with van der Waals surface area (Å²) in [6, 6.07) is 5.85. The molecule has 1 aromatic carbocycles. The molecular formula is C12H16ClN3O3S. The van der Waals surface area contributed by atoms with E-state index in [9.17, 15) is 8.42 Å². The van der Waals surface area contributed by atoms with Gasteiger partial charge in [-0.2, -0.15) is 0 Å². The molecule has 110 valence electrons. The lowest BCUT2D eigenvalue weighted by Gasteiger charge is -2.20. The number of nitrogens with two attached hydrogens (primary N) is 1. The van der Waals surface area contributed by atoms with Crippen molar-refractivity contribution in [3.63, 3.8) is 0 Å². The van der Waals surface area contributed by atoms with Gasteiger partial charge < -0.3 is 10.9 Å². The lowest BCUT2D eigenvalue weighted by atomic mass is 10.0. The van der Waals surface area contributed by atoms with Crippen molar-refractivity contribution >= 4 is 27.5 Å². The molecule has 6 nitrogen and oxygen atoms in total. The maximum absolute atomic E-state index is 12.3. The predicted octanol–water partition coefficient (Wildman–Crippen LogP) is 1.53. The number of hydrogen-bond acceptors (Lipinski definition) is 4. The van der Waals surface area contributed by atoms with Gasteiger partial charge in [0.15, 0.2) is 0 Å². The van der Waals surface area contributed by atoms with Crippen LogP contribution in [0.1, 0.15) is 19.3 Å². The Morgan fingerprint density at radius 3 is 2.75 bits per heavy atom. The number of hydrogen-bond donors (Lipinski definition) is 3. The van der Waals surface area contributed by atoms with Crippen molar-refractivity contribution in [3.8, 4) is 0 Å². The second kappa shape index (κ2) is 5.99. The van der Waals surface area contributed by atoms with E-state index in [4.69, 9.17) is 22.5 Å². The highest BCUT2D eigenvalue weighted by Gasteiger charge is 2.34. The molecule has 2 unspecified atom stereocenters. The lowest BCUT2D eigenvalue weighted by molar-refractivity contribution is 0.312. The van der Waals surface area contributed by atoms with Crippen LogP contribution in [-0.4, -0.2) is 25.5 Å². The maximum Gasteiger partial charge on any atom is 0.242 e. The molecule has 1 aliphatic carbocycles. The van der Waals surface area contributed by atoms with E-state index in [1.54, 1.807) is 12.1 Å². The standard InChI is InChI=1S/C12H16ClN3O3S/c13-9-5-1-2-7-11(9)20(18,19)16-10-6-3-4-8(10)12(14)15-17/h1-2,5,7-8,10,16-17H,3-4,6H2,(H2,14,15). The molecule has 1 fully saturated rings. The van der Waals surface area contributed by atoms with E-state index in [1.165, 1.54) is 12.1 Å². The molecule has 0 radical (unpaired) electrons. The van der Waals surface area contributed by atoms with Crippen LogP contribution in [0.25, 0.3) is 0 Å². The Bertz CT molecular complexity index is 618. The van der Waals surface area contributed by atoms with Gasteiger partial charge in [-0.1, -0.05) is 35.3 Å². The van der Waals surface area contributed by atoms with Crippen LogP contribution in [0.3, 0.4) is 0 Å². The fourth-order valence-corrected chi connectivity index (χ4v) is 4.29. The topological polar surface area (TPSA) is 105 Å². The number of nitrogens with one attached hydrogen (secondary N) is 1. The van der Waals surface area contributed by atoms with Gasteiger partial charge in [-0.05, 0) is 25.0 Å². The Labute approximate surface area is 122 Å². The number of oxime groups is 1. The van der Waals surface area contributed by atoms with E-state index in [-0.39, 0.29) is 27.7 Å². The Kier molecular flexibility index (Phi) is 4.52. The summed E-state index contributed by atoms with van der Waals surface area (Å²) in [6.45, 7) is 0. The normalized spacial score (nSPS) is 23.9. The summed E-state index contributed by atoms with van der Waals surface area (Å²) in [7, 11) is -3.72. The van der Waals surface area contributed by atoms with Crippen LogP contribution in [-0.2, 0) is 10.0 Å². The molecule has 0 aromatic heterocycles. The molecule has 8 heteroatoms. The summed E-state index contributed by atoms with van der Waals surface area (Å²) in [4.78, 5) is 0.0341. The molecule has 1 saturated carbocycles. The van der Waals surface area contributed by atoms with Crippen molar-refractivity contribution in [1.82, 2.24) is 4.72 Å². The Hall–Kier alpha value is -1.31. The van der Waals surface area contributed by atoms with Crippen LogP contribution in [0.5, 0.6) is 0 Å². The van der Waals surface area contributed by atoms with Gasteiger partial charge in [0, 0.05) is 12.0 Å². The van der Waals surface area contributed by atoms with Crippen molar-refractivity contribution in [1.29, 1.82) is 0 Å². The summed E-state index contributed by atoms with van der Waals surface area (Å²) in [5.41, 5.74) is 5.60. The molecule has 0 spiro atoms. The lowest BCUT2D eigenvalue weighted by Crippen LogP contribution is -2.42. The number of sulfonamides is 1. The zero-order valence-corrected chi connectivity index (χ0v) is 12.2. The summed E-state index contributed by atoms with van der Waals surface area (Å²) < 4.78 is 27.2. The third-order valence-electron chi connectivity index (χ3n) is 3.44. The van der Waals surface area contributed by atoms with E-state index in [1.807, 2.05) is 0 Å². The smallest absolute Gasteiger partial charge is 0.242 e. The summed E-state index contributed by atoms with van der Waals surface area (Å²) >= 11 is 5.91. The van der Waals surface area contributed by atoms with E-state index >= 15 is 0 Å². The van der Waals surface area contributed by atoms with Crippen LogP contribution >= 0.6 is 11.6 Å². The van der Waals surface area contributed by atoms with E-state index < -0.39 is 10.0 Å². The molecule has 0 amide bonds. The molecule has 4 N–H and O–H groups in total. The van der Waals surface area contributed by atoms with Gasteiger partial charge in [0.2, 0.25) is 10.0 Å². The molecule has 20 heavy (non-hydrogen) atoms. The van der Waals surface area contributed by atoms with Crippen molar-refractivity contribution < 1.29 is 13.6 Å². The Balaban J connectivity index is 2.23. The molecule has 1 aromatic rings. The van der Waals surface area contributed by atoms with Crippen LogP contribution < -0.4 is 10.5 Å². The fraction of sp³-hybridized carbons (Fsp3) is 0.417. The number of amidine groups is 1. The van der Waals surface area contributed by atoms with Crippen molar-refractivity contribution in [2.45, 2.75) is 30.2 Å². The average Bonchev–Trinajstić information content (AvgIpc) is 2.85. The minimum atomic E-state index is -3.72. The van der Waals surface area contributed by atoms with Gasteiger partial charge in [0.1, 0.15) is 10.7 Å². The quantitative estimate of drug-likeness (QED) is 0.339. The second-order valence-electron chi connectivity index (χ2n) is 4.72. The van der Waals surface area contributed by atoms with Crippen molar-refractivity contribution in [3.05, 3.63) is 29.3 Å². The molecule has 1 aliphatic rings. The highest BCUT2D eigenvalue weighted by molar-refractivity contribution is 7.89. The van der Waals surface area contributed by atoms with Crippen LogP contribution in [0.4, 0.5) is 0 Å². The average molecular weight is 318 g/mol. The molecular weight excluding hydrogens is 302 g/mol. The second-order valence-corrected chi connectivity index (χ2v) is 6.81. The van der Waals surface area contributed by atoms with Crippen LogP contribution in [0.2, 0.25) is 5.02 Å². The SMILES string of the molecule is NC(=NO)C1CCCC1NS(=O)(=O)c1ccccc1Cl. The van der Waals surface area contributed by atoms with E-state index in [2.05, 4.69) is 9.88 Å². The largest absolute Gasteiger partial charge is 0.409 e. The Morgan fingerprint density at radius 2 is 2.10 bits per heavy atom. The van der Waals surface area contributed by atoms with Gasteiger partial charge >= 0.3 is 0 Å². The van der Waals surface area contributed by atoms with Crippen molar-refractivity contribution in [2.24, 2.45) is 16.8 Å². The van der Waals surface area contributed by atoms with Gasteiger partial charge in [-0.25, -0.2) is 13.1 Å². The minimum absolute atomic E-state index is 0.0341. The van der Waals surface area contributed by atoms with Gasteiger partial charge in [-0.15, -0.1) is 0 Å². The first-order valence-corrected chi connectivity index (χ1v) is 8.06. The summed E-state index contributed by atoms with van der Waals surface area (Å²) in [5.74, 6) is -0.244. The molecule has 2 rings (SSSR count). The summed E-state index contributed by atoms with van der Waals surface area (Å²) in [6.07, 6.45) is 2.15.